The number of carbonyl (C=O) groups excluding carboxylic acids is 2. The molecular weight excluding hydrogens is 315 g/mol. The summed E-state index contributed by atoms with van der Waals surface area (Å²) in [5.41, 5.74) is 5.29. The molecule has 21 heavy (non-hydrogen) atoms. The summed E-state index contributed by atoms with van der Waals surface area (Å²) in [6, 6.07) is 4.80. The van der Waals surface area contributed by atoms with Gasteiger partial charge in [-0.2, -0.15) is 0 Å². The quantitative estimate of drug-likeness (QED) is 0.918. The first-order chi connectivity index (χ1) is 9.97. The summed E-state index contributed by atoms with van der Waals surface area (Å²) in [5, 5.41) is 0.795. The van der Waals surface area contributed by atoms with Gasteiger partial charge in [-0.3, -0.25) is 9.59 Å². The van der Waals surface area contributed by atoms with Gasteiger partial charge in [-0.1, -0.05) is 23.2 Å². The van der Waals surface area contributed by atoms with E-state index in [9.17, 15) is 9.59 Å². The molecule has 0 spiro atoms. The van der Waals surface area contributed by atoms with Crippen molar-refractivity contribution in [2.75, 3.05) is 19.7 Å². The second-order valence-corrected chi connectivity index (χ2v) is 5.76. The molecule has 2 rings (SSSR count). The molecule has 5 nitrogen and oxygen atoms in total. The largest absolute Gasteiger partial charge is 0.484 e. The molecular formula is C14H16Cl2N2O3. The van der Waals surface area contributed by atoms with Crippen molar-refractivity contribution in [1.29, 1.82) is 0 Å². The Hall–Kier alpha value is -1.46. The lowest BCUT2D eigenvalue weighted by Crippen LogP contribution is -2.45. The maximum Gasteiger partial charge on any atom is 0.260 e. The van der Waals surface area contributed by atoms with Crippen LogP contribution in [0.4, 0.5) is 0 Å². The number of nitrogens with two attached hydrogens (primary N) is 1. The summed E-state index contributed by atoms with van der Waals surface area (Å²) >= 11 is 11.7. The molecule has 2 N–H and O–H groups in total. The molecule has 0 saturated carbocycles. The molecule has 1 atom stereocenters. The standard InChI is InChI=1S/C14H16Cl2N2O3/c15-11-4-3-10(6-12(11)16)21-8-13(19)18-5-1-2-9(7-18)14(17)20/h3-4,6,9H,1-2,5,7-8H2,(H2,17,20)/t9-/m0/s1. The molecule has 0 aliphatic carbocycles. The third-order valence-electron chi connectivity index (χ3n) is 3.43. The zero-order valence-electron chi connectivity index (χ0n) is 11.4. The minimum absolute atomic E-state index is 0.108. The van der Waals surface area contributed by atoms with Gasteiger partial charge in [0, 0.05) is 19.2 Å². The van der Waals surface area contributed by atoms with E-state index >= 15 is 0 Å². The van der Waals surface area contributed by atoms with Gasteiger partial charge in [-0.05, 0) is 25.0 Å². The van der Waals surface area contributed by atoms with Crippen LogP contribution in [0.2, 0.25) is 10.0 Å². The first-order valence-electron chi connectivity index (χ1n) is 6.62. The summed E-state index contributed by atoms with van der Waals surface area (Å²) in [5.74, 6) is -0.334. The number of hydrogen-bond donors (Lipinski definition) is 1. The van der Waals surface area contributed by atoms with Gasteiger partial charge in [0.2, 0.25) is 5.91 Å². The van der Waals surface area contributed by atoms with Crippen molar-refractivity contribution >= 4 is 35.0 Å². The van der Waals surface area contributed by atoms with E-state index in [4.69, 9.17) is 33.7 Å². The molecule has 0 bridgehead atoms. The number of rotatable bonds is 4. The van der Waals surface area contributed by atoms with Crippen LogP contribution in [0.3, 0.4) is 0 Å². The van der Waals surface area contributed by atoms with Crippen LogP contribution < -0.4 is 10.5 Å². The highest BCUT2D eigenvalue weighted by Gasteiger charge is 2.27. The minimum Gasteiger partial charge on any atom is -0.484 e. The van der Waals surface area contributed by atoms with Gasteiger partial charge in [-0.25, -0.2) is 0 Å². The van der Waals surface area contributed by atoms with Crippen molar-refractivity contribution in [3.63, 3.8) is 0 Å². The van der Waals surface area contributed by atoms with Crippen LogP contribution in [0.15, 0.2) is 18.2 Å². The predicted octanol–water partition coefficient (Wildman–Crippen LogP) is 2.10. The zero-order chi connectivity index (χ0) is 15.4. The molecule has 1 fully saturated rings. The van der Waals surface area contributed by atoms with E-state index in [0.29, 0.717) is 28.9 Å². The minimum atomic E-state index is -0.363. The highest BCUT2D eigenvalue weighted by Crippen LogP contribution is 2.26. The molecule has 1 saturated heterocycles. The van der Waals surface area contributed by atoms with Gasteiger partial charge in [0.25, 0.3) is 5.91 Å². The molecule has 7 heteroatoms. The molecule has 2 amide bonds. The zero-order valence-corrected chi connectivity index (χ0v) is 12.9. The van der Waals surface area contributed by atoms with Gasteiger partial charge >= 0.3 is 0 Å². The average molecular weight is 331 g/mol. The van der Waals surface area contributed by atoms with Crippen molar-refractivity contribution in [1.82, 2.24) is 4.90 Å². The Morgan fingerprint density at radius 2 is 2.10 bits per heavy atom. The molecule has 1 aromatic carbocycles. The SMILES string of the molecule is NC(=O)[C@H]1CCCN(C(=O)COc2ccc(Cl)c(Cl)c2)C1. The topological polar surface area (TPSA) is 72.6 Å². The Labute approximate surface area is 132 Å². The Morgan fingerprint density at radius 3 is 2.76 bits per heavy atom. The van der Waals surface area contributed by atoms with Crippen LogP contribution in [-0.2, 0) is 9.59 Å². The lowest BCUT2D eigenvalue weighted by Gasteiger charge is -2.31. The van der Waals surface area contributed by atoms with E-state index in [1.165, 1.54) is 0 Å². The second kappa shape index (κ2) is 7.00. The lowest BCUT2D eigenvalue weighted by molar-refractivity contribution is -0.136. The number of ether oxygens (including phenoxy) is 1. The fourth-order valence-corrected chi connectivity index (χ4v) is 2.53. The molecule has 0 radical (unpaired) electrons. The van der Waals surface area contributed by atoms with Crippen molar-refractivity contribution < 1.29 is 14.3 Å². The van der Waals surface area contributed by atoms with Gasteiger partial charge < -0.3 is 15.4 Å². The predicted molar refractivity (Wildman–Crippen MR) is 80.5 cm³/mol. The molecule has 1 heterocycles. The molecule has 0 aromatic heterocycles. The van der Waals surface area contributed by atoms with Crippen LogP contribution in [0.1, 0.15) is 12.8 Å². The van der Waals surface area contributed by atoms with E-state index in [1.54, 1.807) is 23.1 Å². The van der Waals surface area contributed by atoms with Gasteiger partial charge in [0.15, 0.2) is 6.61 Å². The van der Waals surface area contributed by atoms with Crippen molar-refractivity contribution in [2.45, 2.75) is 12.8 Å². The average Bonchev–Trinajstić information content (AvgIpc) is 2.48. The number of benzene rings is 1. The van der Waals surface area contributed by atoms with Crippen LogP contribution in [0.25, 0.3) is 0 Å². The van der Waals surface area contributed by atoms with E-state index in [-0.39, 0.29) is 24.3 Å². The van der Waals surface area contributed by atoms with Crippen molar-refractivity contribution in [3.05, 3.63) is 28.2 Å². The summed E-state index contributed by atoms with van der Waals surface area (Å²) < 4.78 is 5.40. The number of hydrogen-bond acceptors (Lipinski definition) is 3. The molecule has 1 aliphatic rings. The number of halogens is 2. The Morgan fingerprint density at radius 1 is 1.33 bits per heavy atom. The van der Waals surface area contributed by atoms with Crippen LogP contribution in [0, 0.1) is 5.92 Å². The maximum absolute atomic E-state index is 12.1. The van der Waals surface area contributed by atoms with Crippen molar-refractivity contribution in [2.24, 2.45) is 11.7 Å². The number of likely N-dealkylation sites (tertiary alicyclic amines) is 1. The smallest absolute Gasteiger partial charge is 0.260 e. The summed E-state index contributed by atoms with van der Waals surface area (Å²) in [6.45, 7) is 0.871. The third kappa shape index (κ3) is 4.25. The number of piperidine rings is 1. The summed E-state index contributed by atoms with van der Waals surface area (Å²) in [7, 11) is 0. The third-order valence-corrected chi connectivity index (χ3v) is 4.17. The molecule has 1 aromatic rings. The van der Waals surface area contributed by atoms with E-state index in [0.717, 1.165) is 12.8 Å². The monoisotopic (exact) mass is 330 g/mol. The summed E-state index contributed by atoms with van der Waals surface area (Å²) in [4.78, 5) is 24.9. The van der Waals surface area contributed by atoms with E-state index in [2.05, 4.69) is 0 Å². The van der Waals surface area contributed by atoms with Gasteiger partial charge in [0.1, 0.15) is 5.75 Å². The number of primary amides is 1. The van der Waals surface area contributed by atoms with Gasteiger partial charge in [0.05, 0.1) is 16.0 Å². The Kier molecular flexibility index (Phi) is 5.31. The van der Waals surface area contributed by atoms with Crippen molar-refractivity contribution in [3.8, 4) is 5.75 Å². The first-order valence-corrected chi connectivity index (χ1v) is 7.38. The second-order valence-electron chi connectivity index (χ2n) is 4.95. The van der Waals surface area contributed by atoms with Crippen LogP contribution in [-0.4, -0.2) is 36.4 Å². The lowest BCUT2D eigenvalue weighted by atomic mass is 9.97. The van der Waals surface area contributed by atoms with Crippen LogP contribution >= 0.6 is 23.2 Å². The fourth-order valence-electron chi connectivity index (χ4n) is 2.24. The highest BCUT2D eigenvalue weighted by atomic mass is 35.5. The molecule has 1 aliphatic heterocycles. The first kappa shape index (κ1) is 15.9. The molecule has 114 valence electrons. The van der Waals surface area contributed by atoms with Crippen LogP contribution in [0.5, 0.6) is 5.75 Å². The summed E-state index contributed by atoms with van der Waals surface area (Å²) in [6.07, 6.45) is 1.50. The Bertz CT molecular complexity index is 551. The molecule has 0 unspecified atom stereocenters. The Balaban J connectivity index is 1.89. The normalized spacial score (nSPS) is 18.4. The maximum atomic E-state index is 12.1. The van der Waals surface area contributed by atoms with Gasteiger partial charge in [-0.15, -0.1) is 0 Å². The van der Waals surface area contributed by atoms with E-state index in [1.807, 2.05) is 0 Å². The highest BCUT2D eigenvalue weighted by molar-refractivity contribution is 6.42. The number of nitrogens with zero attached hydrogens (tertiary/aromatic N) is 1. The van der Waals surface area contributed by atoms with E-state index < -0.39 is 0 Å². The fraction of sp³-hybridized carbons (Fsp3) is 0.429. The number of amides is 2. The number of carbonyl (C=O) groups is 2.